The third kappa shape index (κ3) is 6.94. The highest BCUT2D eigenvalue weighted by Gasteiger charge is 2.20. The Hall–Kier alpha value is -9.50. The number of benzene rings is 12. The zero-order valence-corrected chi connectivity index (χ0v) is 40.2. The molecule has 0 aliphatic carbocycles. The quantitative estimate of drug-likeness (QED) is 0.112. The smallest absolute Gasteiger partial charge is 0.136 e. The molecule has 2 heterocycles. The lowest BCUT2D eigenvalue weighted by molar-refractivity contribution is 0.577. The Morgan fingerprint density at radius 3 is 1.16 bits per heavy atom. The van der Waals surface area contributed by atoms with Crippen molar-refractivity contribution < 1.29 is 8.83 Å². The standard InChI is InChI=1S/C71H46O2/c1-3-45(41-64-44(2)72-66-42-51(38-40-55(64)66)70-60-24-11-7-20-56(60)68(49-17-5-4-6-18-49)57-21-8-12-25-61(57)70)46-29-31-47(32-30-46)48-33-35-50(36-34-48)69-58-22-9-13-26-62(58)71(63-27-14-10-23-59(63)69)52-37-39-54-53-19-15-16-28-65(53)73-67(54)43-52/h3-43H,1H2,2H3/b45-41+. The number of hydrogen-bond donors (Lipinski definition) is 0. The molecule has 0 saturated carbocycles. The maximum Gasteiger partial charge on any atom is 0.136 e. The van der Waals surface area contributed by atoms with Crippen LogP contribution >= 0.6 is 0 Å². The first-order chi connectivity index (χ1) is 36.1. The van der Waals surface area contributed by atoms with Crippen molar-refractivity contribution in [1.82, 2.24) is 0 Å². The summed E-state index contributed by atoms with van der Waals surface area (Å²) in [4.78, 5) is 0. The van der Waals surface area contributed by atoms with Crippen molar-refractivity contribution in [3.63, 3.8) is 0 Å². The molecule has 0 aliphatic rings. The van der Waals surface area contributed by atoms with E-state index >= 15 is 0 Å². The normalized spacial score (nSPS) is 12.0. The molecule has 0 saturated heterocycles. The van der Waals surface area contributed by atoms with Crippen LogP contribution in [0.15, 0.2) is 258 Å². The lowest BCUT2D eigenvalue weighted by atomic mass is 9.85. The molecule has 0 spiro atoms. The zero-order valence-electron chi connectivity index (χ0n) is 40.2. The summed E-state index contributed by atoms with van der Waals surface area (Å²) < 4.78 is 13.0. The van der Waals surface area contributed by atoms with Crippen LogP contribution in [0.2, 0.25) is 0 Å². The highest BCUT2D eigenvalue weighted by atomic mass is 16.3. The van der Waals surface area contributed by atoms with Gasteiger partial charge in [0.25, 0.3) is 0 Å². The minimum absolute atomic E-state index is 0.863. The third-order valence-corrected chi connectivity index (χ3v) is 15.0. The summed E-state index contributed by atoms with van der Waals surface area (Å²) in [5.74, 6) is 0.872. The molecule has 14 aromatic rings. The van der Waals surface area contributed by atoms with Crippen LogP contribution in [0.1, 0.15) is 16.9 Å². The van der Waals surface area contributed by atoms with Crippen molar-refractivity contribution in [1.29, 1.82) is 0 Å². The van der Waals surface area contributed by atoms with Crippen molar-refractivity contribution >= 4 is 87.6 Å². The number of furan rings is 2. The second kappa shape index (κ2) is 17.1. The number of fused-ring (bicyclic) bond motifs is 8. The highest BCUT2D eigenvalue weighted by Crippen LogP contribution is 2.47. The van der Waals surface area contributed by atoms with E-state index in [9.17, 15) is 0 Å². The minimum Gasteiger partial charge on any atom is -0.461 e. The van der Waals surface area contributed by atoms with E-state index in [1.165, 1.54) is 76.5 Å². The first kappa shape index (κ1) is 42.4. The summed E-state index contributed by atoms with van der Waals surface area (Å²) in [7, 11) is 0. The molecule has 0 unspecified atom stereocenters. The molecule has 0 atom stereocenters. The van der Waals surface area contributed by atoms with Gasteiger partial charge in [-0.3, -0.25) is 0 Å². The van der Waals surface area contributed by atoms with Gasteiger partial charge < -0.3 is 8.83 Å². The van der Waals surface area contributed by atoms with E-state index in [1.807, 2.05) is 18.2 Å². The summed E-state index contributed by atoms with van der Waals surface area (Å²) in [5.41, 5.74) is 17.8. The largest absolute Gasteiger partial charge is 0.461 e. The fourth-order valence-corrected chi connectivity index (χ4v) is 11.7. The molecular formula is C71H46O2. The maximum absolute atomic E-state index is 6.59. The van der Waals surface area contributed by atoms with Crippen molar-refractivity contribution in [2.24, 2.45) is 0 Å². The third-order valence-electron chi connectivity index (χ3n) is 15.0. The Labute approximate surface area is 423 Å². The van der Waals surface area contributed by atoms with Gasteiger partial charge in [-0.25, -0.2) is 0 Å². The lowest BCUT2D eigenvalue weighted by Gasteiger charge is -2.18. The number of aryl methyl sites for hydroxylation is 1. The van der Waals surface area contributed by atoms with Gasteiger partial charge in [0.1, 0.15) is 22.5 Å². The van der Waals surface area contributed by atoms with Gasteiger partial charge in [-0.15, -0.1) is 0 Å². The molecule has 0 amide bonds. The monoisotopic (exact) mass is 930 g/mol. The molecule has 2 nitrogen and oxygen atoms in total. The van der Waals surface area contributed by atoms with Gasteiger partial charge in [-0.2, -0.15) is 0 Å². The molecule has 0 aliphatic heterocycles. The van der Waals surface area contributed by atoms with Crippen LogP contribution in [0.3, 0.4) is 0 Å². The minimum atomic E-state index is 0.863. The zero-order chi connectivity index (χ0) is 48.6. The average molecular weight is 931 g/mol. The maximum atomic E-state index is 6.59. The second-order valence-corrected chi connectivity index (χ2v) is 19.1. The number of allylic oxidation sites excluding steroid dienone is 2. The Morgan fingerprint density at radius 2 is 0.671 bits per heavy atom. The Morgan fingerprint density at radius 1 is 0.315 bits per heavy atom. The first-order valence-corrected chi connectivity index (χ1v) is 25.0. The summed E-state index contributed by atoms with van der Waals surface area (Å²) in [6, 6.07) is 85.4. The van der Waals surface area contributed by atoms with E-state index in [1.54, 1.807) is 0 Å². The van der Waals surface area contributed by atoms with Crippen molar-refractivity contribution in [3.8, 4) is 55.6 Å². The molecule has 12 aromatic carbocycles. The van der Waals surface area contributed by atoms with Gasteiger partial charge in [0.15, 0.2) is 0 Å². The molecule has 73 heavy (non-hydrogen) atoms. The fourth-order valence-electron chi connectivity index (χ4n) is 11.7. The number of para-hydroxylation sites is 1. The Balaban J connectivity index is 0.785. The van der Waals surface area contributed by atoms with Crippen molar-refractivity contribution in [2.45, 2.75) is 6.92 Å². The predicted molar refractivity (Wildman–Crippen MR) is 310 cm³/mol. The first-order valence-electron chi connectivity index (χ1n) is 25.0. The van der Waals surface area contributed by atoms with Crippen LogP contribution in [0.5, 0.6) is 0 Å². The van der Waals surface area contributed by atoms with Gasteiger partial charge in [-0.05, 0) is 153 Å². The molecule has 0 N–H and O–H groups in total. The Bertz CT molecular complexity index is 4430. The number of rotatable bonds is 8. The van der Waals surface area contributed by atoms with Gasteiger partial charge in [-0.1, -0.05) is 219 Å². The highest BCUT2D eigenvalue weighted by molar-refractivity contribution is 6.23. The molecule has 14 rings (SSSR count). The van der Waals surface area contributed by atoms with E-state index in [4.69, 9.17) is 8.83 Å². The summed E-state index contributed by atoms with van der Waals surface area (Å²) in [6.07, 6.45) is 4.16. The van der Waals surface area contributed by atoms with Crippen molar-refractivity contribution in [3.05, 3.63) is 266 Å². The summed E-state index contributed by atoms with van der Waals surface area (Å²) >= 11 is 0. The van der Waals surface area contributed by atoms with Crippen LogP contribution in [-0.2, 0) is 0 Å². The van der Waals surface area contributed by atoms with Gasteiger partial charge in [0.05, 0.1) is 0 Å². The number of hydrogen-bond acceptors (Lipinski definition) is 2. The molecule has 0 fully saturated rings. The molecular weight excluding hydrogens is 885 g/mol. The van der Waals surface area contributed by atoms with Crippen LogP contribution in [0.4, 0.5) is 0 Å². The summed E-state index contributed by atoms with van der Waals surface area (Å²) in [5, 5.41) is 13.1. The SMILES string of the molecule is C=C/C(=C\c1c(C)oc2cc(-c3c4ccccc4c(-c4ccccc4)c4ccccc34)ccc12)c1ccc(-c2ccc(-c3c4ccccc4c(-c4ccc5c(c4)oc4ccccc45)c4ccccc34)cc2)cc1. The van der Waals surface area contributed by atoms with Crippen LogP contribution in [0.25, 0.3) is 143 Å². The molecule has 0 bridgehead atoms. The van der Waals surface area contributed by atoms with E-state index in [0.29, 0.717) is 0 Å². The van der Waals surface area contributed by atoms with Crippen LogP contribution < -0.4 is 0 Å². The average Bonchev–Trinajstić information content (AvgIpc) is 3.99. The molecule has 0 radical (unpaired) electrons. The van der Waals surface area contributed by atoms with E-state index in [0.717, 1.165) is 77.6 Å². The van der Waals surface area contributed by atoms with Gasteiger partial charge in [0, 0.05) is 21.7 Å². The van der Waals surface area contributed by atoms with Crippen molar-refractivity contribution in [2.75, 3.05) is 0 Å². The van der Waals surface area contributed by atoms with Crippen LogP contribution in [0, 0.1) is 6.92 Å². The van der Waals surface area contributed by atoms with Gasteiger partial charge in [0.2, 0.25) is 0 Å². The predicted octanol–water partition coefficient (Wildman–Crippen LogP) is 20.3. The van der Waals surface area contributed by atoms with Crippen LogP contribution in [-0.4, -0.2) is 0 Å². The second-order valence-electron chi connectivity index (χ2n) is 19.1. The van der Waals surface area contributed by atoms with E-state index < -0.39 is 0 Å². The lowest BCUT2D eigenvalue weighted by Crippen LogP contribution is -1.91. The molecule has 342 valence electrons. The van der Waals surface area contributed by atoms with Gasteiger partial charge >= 0.3 is 0 Å². The molecule has 2 aromatic heterocycles. The summed E-state index contributed by atoms with van der Waals surface area (Å²) in [6.45, 7) is 6.33. The Kier molecular flexibility index (Phi) is 9.94. The fraction of sp³-hybridized carbons (Fsp3) is 0.0141. The molecule has 2 heteroatoms. The van der Waals surface area contributed by atoms with E-state index in [2.05, 4.69) is 244 Å². The van der Waals surface area contributed by atoms with E-state index in [-0.39, 0.29) is 0 Å². The topological polar surface area (TPSA) is 26.3 Å².